The van der Waals surface area contributed by atoms with Crippen LogP contribution in [0, 0.1) is 0 Å². The van der Waals surface area contributed by atoms with Crippen LogP contribution in [0.3, 0.4) is 0 Å². The standard InChI is InChI=1S/C20H20O3/c1-20(2,3)23-19(21)11-9-14-8-10-17-16-7-5-4-6-15(16)13-22-18(17)12-14/h4-12H,13H2,1-3H3/b11-9+. The average Bonchev–Trinajstić information content (AvgIpc) is 2.51. The third-order valence-corrected chi connectivity index (χ3v) is 3.52. The first-order chi connectivity index (χ1) is 10.9. The van der Waals surface area contributed by atoms with E-state index in [-0.39, 0.29) is 5.97 Å². The van der Waals surface area contributed by atoms with Crippen LogP contribution in [0.4, 0.5) is 0 Å². The molecule has 1 aliphatic rings. The Morgan fingerprint density at radius 1 is 1.13 bits per heavy atom. The predicted molar refractivity (Wildman–Crippen MR) is 91.1 cm³/mol. The second-order valence-corrected chi connectivity index (χ2v) is 6.57. The molecule has 0 spiro atoms. The van der Waals surface area contributed by atoms with E-state index in [4.69, 9.17) is 9.47 Å². The molecule has 0 saturated heterocycles. The highest BCUT2D eigenvalue weighted by molar-refractivity contribution is 5.88. The number of hydrogen-bond acceptors (Lipinski definition) is 3. The molecule has 0 saturated carbocycles. The van der Waals surface area contributed by atoms with Crippen LogP contribution < -0.4 is 4.74 Å². The molecule has 0 N–H and O–H groups in total. The quantitative estimate of drug-likeness (QED) is 0.601. The van der Waals surface area contributed by atoms with Gasteiger partial charge in [0.2, 0.25) is 0 Å². The zero-order valence-corrected chi connectivity index (χ0v) is 13.6. The summed E-state index contributed by atoms with van der Waals surface area (Å²) in [6.07, 6.45) is 3.20. The molecule has 0 aliphatic carbocycles. The van der Waals surface area contributed by atoms with E-state index in [2.05, 4.69) is 12.1 Å². The predicted octanol–water partition coefficient (Wildman–Crippen LogP) is 4.60. The van der Waals surface area contributed by atoms with Gasteiger partial charge in [0.1, 0.15) is 18.0 Å². The summed E-state index contributed by atoms with van der Waals surface area (Å²) in [4.78, 5) is 11.7. The maximum absolute atomic E-state index is 11.7. The Morgan fingerprint density at radius 3 is 2.70 bits per heavy atom. The molecular formula is C20H20O3. The molecule has 3 rings (SSSR count). The lowest BCUT2D eigenvalue weighted by Crippen LogP contribution is -2.22. The van der Waals surface area contributed by atoms with E-state index >= 15 is 0 Å². The van der Waals surface area contributed by atoms with Gasteiger partial charge in [0.15, 0.2) is 0 Å². The minimum atomic E-state index is -0.482. The van der Waals surface area contributed by atoms with Crippen LogP contribution in [0.1, 0.15) is 31.9 Å². The molecule has 0 aromatic heterocycles. The summed E-state index contributed by atoms with van der Waals surface area (Å²) in [7, 11) is 0. The molecule has 1 heterocycles. The number of benzene rings is 2. The third-order valence-electron chi connectivity index (χ3n) is 3.52. The first-order valence-corrected chi connectivity index (χ1v) is 7.68. The van der Waals surface area contributed by atoms with Gasteiger partial charge in [-0.2, -0.15) is 0 Å². The SMILES string of the molecule is CC(C)(C)OC(=O)/C=C/c1ccc2c(c1)OCc1ccccc1-2. The largest absolute Gasteiger partial charge is 0.488 e. The fourth-order valence-electron chi connectivity index (χ4n) is 2.55. The lowest BCUT2D eigenvalue weighted by atomic mass is 9.96. The molecule has 0 radical (unpaired) electrons. The van der Waals surface area contributed by atoms with Crippen molar-refractivity contribution in [3.8, 4) is 16.9 Å². The second kappa shape index (κ2) is 5.92. The van der Waals surface area contributed by atoms with Crippen molar-refractivity contribution in [3.05, 3.63) is 59.7 Å². The van der Waals surface area contributed by atoms with Crippen molar-refractivity contribution < 1.29 is 14.3 Å². The smallest absolute Gasteiger partial charge is 0.331 e. The normalized spacial score (nSPS) is 13.2. The van der Waals surface area contributed by atoms with Crippen LogP contribution in [-0.2, 0) is 16.1 Å². The number of esters is 1. The Hall–Kier alpha value is -2.55. The second-order valence-electron chi connectivity index (χ2n) is 6.57. The summed E-state index contributed by atoms with van der Waals surface area (Å²) in [5.41, 5.74) is 3.91. The molecule has 2 aromatic rings. The maximum atomic E-state index is 11.7. The van der Waals surface area contributed by atoms with Gasteiger partial charge in [-0.1, -0.05) is 36.4 Å². The third kappa shape index (κ3) is 3.62. The van der Waals surface area contributed by atoms with Crippen molar-refractivity contribution in [2.75, 3.05) is 0 Å². The summed E-state index contributed by atoms with van der Waals surface area (Å²) in [5, 5.41) is 0. The molecule has 0 atom stereocenters. The van der Waals surface area contributed by atoms with E-state index in [1.54, 1.807) is 6.08 Å². The molecule has 3 nitrogen and oxygen atoms in total. The van der Waals surface area contributed by atoms with Crippen molar-refractivity contribution in [2.45, 2.75) is 33.0 Å². The van der Waals surface area contributed by atoms with Crippen LogP contribution in [0.5, 0.6) is 5.75 Å². The minimum Gasteiger partial charge on any atom is -0.488 e. The number of carbonyl (C=O) groups is 1. The van der Waals surface area contributed by atoms with Crippen LogP contribution >= 0.6 is 0 Å². The van der Waals surface area contributed by atoms with E-state index in [1.807, 2.05) is 51.1 Å². The van der Waals surface area contributed by atoms with E-state index in [0.717, 1.165) is 16.9 Å². The van der Waals surface area contributed by atoms with E-state index in [9.17, 15) is 4.79 Å². The molecule has 2 aromatic carbocycles. The van der Waals surface area contributed by atoms with Crippen LogP contribution in [0.15, 0.2) is 48.5 Å². The highest BCUT2D eigenvalue weighted by Gasteiger charge is 2.17. The summed E-state index contributed by atoms with van der Waals surface area (Å²) < 4.78 is 11.1. The van der Waals surface area contributed by atoms with Gasteiger partial charge in [0, 0.05) is 11.6 Å². The van der Waals surface area contributed by atoms with E-state index in [1.165, 1.54) is 17.2 Å². The van der Waals surface area contributed by atoms with Gasteiger partial charge in [-0.05, 0) is 49.6 Å². The van der Waals surface area contributed by atoms with E-state index < -0.39 is 5.60 Å². The molecule has 0 unspecified atom stereocenters. The maximum Gasteiger partial charge on any atom is 0.331 e. The number of rotatable bonds is 2. The molecule has 0 amide bonds. The van der Waals surface area contributed by atoms with E-state index in [0.29, 0.717) is 6.61 Å². The van der Waals surface area contributed by atoms with Gasteiger partial charge < -0.3 is 9.47 Å². The molecule has 0 bridgehead atoms. The van der Waals surface area contributed by atoms with Crippen LogP contribution in [0.2, 0.25) is 0 Å². The van der Waals surface area contributed by atoms with Gasteiger partial charge in [-0.3, -0.25) is 0 Å². The molecule has 0 fully saturated rings. The Kier molecular flexibility index (Phi) is 3.95. The van der Waals surface area contributed by atoms with Gasteiger partial charge in [-0.25, -0.2) is 4.79 Å². The summed E-state index contributed by atoms with van der Waals surface area (Å²) in [6.45, 7) is 6.12. The van der Waals surface area contributed by atoms with Crippen LogP contribution in [-0.4, -0.2) is 11.6 Å². The van der Waals surface area contributed by atoms with Crippen molar-refractivity contribution in [1.82, 2.24) is 0 Å². The van der Waals surface area contributed by atoms with Gasteiger partial charge in [-0.15, -0.1) is 0 Å². The highest BCUT2D eigenvalue weighted by Crippen LogP contribution is 2.37. The Bertz CT molecular complexity index is 767. The average molecular weight is 308 g/mol. The molecule has 23 heavy (non-hydrogen) atoms. The Labute approximate surface area is 136 Å². The first kappa shape index (κ1) is 15.3. The molecule has 1 aliphatic heterocycles. The van der Waals surface area contributed by atoms with Crippen molar-refractivity contribution >= 4 is 12.0 Å². The van der Waals surface area contributed by atoms with Crippen LogP contribution in [0.25, 0.3) is 17.2 Å². The summed E-state index contributed by atoms with van der Waals surface area (Å²) in [5.74, 6) is 0.497. The van der Waals surface area contributed by atoms with Gasteiger partial charge >= 0.3 is 5.97 Å². The van der Waals surface area contributed by atoms with Gasteiger partial charge in [0.05, 0.1) is 0 Å². The molecule has 118 valence electrons. The Morgan fingerprint density at radius 2 is 1.91 bits per heavy atom. The number of carbonyl (C=O) groups excluding carboxylic acids is 1. The minimum absolute atomic E-state index is 0.346. The number of hydrogen-bond donors (Lipinski definition) is 0. The fraction of sp³-hybridized carbons (Fsp3) is 0.250. The monoisotopic (exact) mass is 308 g/mol. The first-order valence-electron chi connectivity index (χ1n) is 7.68. The zero-order valence-electron chi connectivity index (χ0n) is 13.6. The molecule has 3 heteroatoms. The lowest BCUT2D eigenvalue weighted by Gasteiger charge is -2.21. The van der Waals surface area contributed by atoms with Gasteiger partial charge in [0.25, 0.3) is 0 Å². The fourth-order valence-corrected chi connectivity index (χ4v) is 2.55. The topological polar surface area (TPSA) is 35.5 Å². The Balaban J connectivity index is 1.82. The number of ether oxygens (including phenoxy) is 2. The summed E-state index contributed by atoms with van der Waals surface area (Å²) in [6, 6.07) is 14.2. The number of fused-ring (bicyclic) bond motifs is 3. The van der Waals surface area contributed by atoms with Crippen molar-refractivity contribution in [1.29, 1.82) is 0 Å². The van der Waals surface area contributed by atoms with Crippen molar-refractivity contribution in [2.24, 2.45) is 0 Å². The van der Waals surface area contributed by atoms with Crippen molar-refractivity contribution in [3.63, 3.8) is 0 Å². The molecular weight excluding hydrogens is 288 g/mol. The highest BCUT2D eigenvalue weighted by atomic mass is 16.6. The zero-order chi connectivity index (χ0) is 16.4. The lowest BCUT2D eigenvalue weighted by molar-refractivity contribution is -0.148. The summed E-state index contributed by atoms with van der Waals surface area (Å²) >= 11 is 0.